The molecule has 2 heterocycles. The van der Waals surface area contributed by atoms with Crippen molar-refractivity contribution in [2.75, 3.05) is 30.9 Å². The Morgan fingerprint density at radius 3 is 2.86 bits per heavy atom. The zero-order valence-corrected chi connectivity index (χ0v) is 12.7. The quantitative estimate of drug-likeness (QED) is 0.843. The van der Waals surface area contributed by atoms with Crippen molar-refractivity contribution < 1.29 is 4.74 Å². The third kappa shape index (κ3) is 3.81. The van der Waals surface area contributed by atoms with Crippen LogP contribution in [0.3, 0.4) is 0 Å². The molecule has 0 unspecified atom stereocenters. The minimum absolute atomic E-state index is 0.664. The second kappa shape index (κ2) is 7.42. The molecular weight excluding hydrogens is 266 g/mol. The minimum Gasteiger partial charge on any atom is -0.490 e. The first-order valence-electron chi connectivity index (χ1n) is 6.99. The Kier molecular flexibility index (Phi) is 5.31. The highest BCUT2D eigenvalue weighted by Crippen LogP contribution is 2.31. The van der Waals surface area contributed by atoms with E-state index in [1.54, 1.807) is 19.6 Å². The lowest BCUT2D eigenvalue weighted by Gasteiger charge is -2.21. The molecule has 0 aliphatic carbocycles. The number of aromatic nitrogens is 3. The van der Waals surface area contributed by atoms with Crippen molar-refractivity contribution in [3.63, 3.8) is 0 Å². The van der Waals surface area contributed by atoms with Crippen LogP contribution in [0.2, 0.25) is 0 Å². The number of nitrogens with zero attached hydrogens (tertiary/aromatic N) is 4. The molecule has 0 fully saturated rings. The first kappa shape index (κ1) is 15.0. The van der Waals surface area contributed by atoms with Gasteiger partial charge < -0.3 is 15.0 Å². The molecule has 0 aliphatic rings. The number of pyridine rings is 1. The van der Waals surface area contributed by atoms with Crippen molar-refractivity contribution in [1.29, 1.82) is 0 Å². The summed E-state index contributed by atoms with van der Waals surface area (Å²) in [4.78, 5) is 14.7. The Balaban J connectivity index is 2.21. The van der Waals surface area contributed by atoms with Crippen LogP contribution in [0, 0.1) is 0 Å². The average molecular weight is 287 g/mol. The highest BCUT2D eigenvalue weighted by Gasteiger charge is 2.15. The largest absolute Gasteiger partial charge is 0.490 e. The smallest absolute Gasteiger partial charge is 0.204 e. The van der Waals surface area contributed by atoms with Crippen LogP contribution in [0.25, 0.3) is 0 Å². The van der Waals surface area contributed by atoms with Gasteiger partial charge in [0.25, 0.3) is 0 Å². The topological polar surface area (TPSA) is 63.2 Å². The Morgan fingerprint density at radius 1 is 1.33 bits per heavy atom. The first-order valence-corrected chi connectivity index (χ1v) is 6.99. The van der Waals surface area contributed by atoms with E-state index in [4.69, 9.17) is 4.74 Å². The summed E-state index contributed by atoms with van der Waals surface area (Å²) in [5.41, 5.74) is 1.11. The van der Waals surface area contributed by atoms with Gasteiger partial charge >= 0.3 is 0 Å². The van der Waals surface area contributed by atoms with Crippen LogP contribution in [-0.2, 0) is 6.54 Å². The van der Waals surface area contributed by atoms with Gasteiger partial charge in [-0.1, -0.05) is 13.0 Å². The standard InChI is InChI=1S/C15H21N5O/c1-4-7-17-14-13(21-3)15(19-11-18-14)20(2)10-12-6-5-8-16-9-12/h5-6,8-9,11H,4,7,10H2,1-3H3,(H,17,18,19). The van der Waals surface area contributed by atoms with E-state index in [0.29, 0.717) is 12.3 Å². The lowest BCUT2D eigenvalue weighted by molar-refractivity contribution is 0.412. The van der Waals surface area contributed by atoms with E-state index in [1.807, 2.05) is 30.3 Å². The molecular formula is C15H21N5O. The molecule has 0 radical (unpaired) electrons. The molecule has 2 rings (SSSR count). The van der Waals surface area contributed by atoms with Crippen molar-refractivity contribution in [2.24, 2.45) is 0 Å². The van der Waals surface area contributed by atoms with Gasteiger partial charge in [0.15, 0.2) is 11.6 Å². The van der Waals surface area contributed by atoms with Crippen molar-refractivity contribution >= 4 is 11.6 Å². The Bertz CT molecular complexity index is 561. The van der Waals surface area contributed by atoms with Gasteiger partial charge in [-0.05, 0) is 18.1 Å². The summed E-state index contributed by atoms with van der Waals surface area (Å²) < 4.78 is 5.49. The highest BCUT2D eigenvalue weighted by molar-refractivity contribution is 5.64. The molecule has 0 saturated heterocycles. The number of hydrogen-bond acceptors (Lipinski definition) is 6. The Labute approximate surface area is 125 Å². The molecule has 6 nitrogen and oxygen atoms in total. The predicted octanol–water partition coefficient (Wildman–Crippen LogP) is 2.34. The van der Waals surface area contributed by atoms with E-state index in [-0.39, 0.29) is 0 Å². The maximum atomic E-state index is 5.49. The number of rotatable bonds is 7. The second-order valence-electron chi connectivity index (χ2n) is 4.72. The molecule has 0 aliphatic heterocycles. The van der Waals surface area contributed by atoms with Gasteiger partial charge in [-0.2, -0.15) is 0 Å². The zero-order valence-electron chi connectivity index (χ0n) is 12.7. The summed E-state index contributed by atoms with van der Waals surface area (Å²) in [6.45, 7) is 3.66. The molecule has 112 valence electrons. The number of methoxy groups -OCH3 is 1. The SMILES string of the molecule is CCCNc1ncnc(N(C)Cc2cccnc2)c1OC. The highest BCUT2D eigenvalue weighted by atomic mass is 16.5. The number of anilines is 2. The molecule has 2 aromatic heterocycles. The molecule has 0 amide bonds. The molecule has 0 saturated carbocycles. The van der Waals surface area contributed by atoms with Gasteiger partial charge in [0.2, 0.25) is 5.75 Å². The normalized spacial score (nSPS) is 10.2. The van der Waals surface area contributed by atoms with Crippen LogP contribution in [0.1, 0.15) is 18.9 Å². The molecule has 0 spiro atoms. The van der Waals surface area contributed by atoms with Crippen LogP contribution in [0.15, 0.2) is 30.9 Å². The number of hydrogen-bond donors (Lipinski definition) is 1. The van der Waals surface area contributed by atoms with Crippen LogP contribution < -0.4 is 15.0 Å². The van der Waals surface area contributed by atoms with Gasteiger partial charge in [-0.15, -0.1) is 0 Å². The van der Waals surface area contributed by atoms with E-state index in [1.165, 1.54) is 0 Å². The van der Waals surface area contributed by atoms with Crippen molar-refractivity contribution in [2.45, 2.75) is 19.9 Å². The Hall–Kier alpha value is -2.37. The van der Waals surface area contributed by atoms with E-state index >= 15 is 0 Å². The summed E-state index contributed by atoms with van der Waals surface area (Å²) in [5, 5.41) is 3.26. The average Bonchev–Trinajstić information content (AvgIpc) is 2.53. The molecule has 0 bridgehead atoms. The summed E-state index contributed by atoms with van der Waals surface area (Å²) in [6, 6.07) is 3.96. The van der Waals surface area contributed by atoms with Crippen molar-refractivity contribution in [1.82, 2.24) is 15.0 Å². The van der Waals surface area contributed by atoms with Gasteiger partial charge in [-0.3, -0.25) is 4.98 Å². The fraction of sp³-hybridized carbons (Fsp3) is 0.400. The van der Waals surface area contributed by atoms with E-state index in [0.717, 1.165) is 30.2 Å². The molecule has 0 atom stereocenters. The maximum absolute atomic E-state index is 5.49. The van der Waals surface area contributed by atoms with Crippen molar-refractivity contribution in [3.8, 4) is 5.75 Å². The Morgan fingerprint density at radius 2 is 2.19 bits per heavy atom. The van der Waals surface area contributed by atoms with Crippen LogP contribution >= 0.6 is 0 Å². The maximum Gasteiger partial charge on any atom is 0.204 e. The second-order valence-corrected chi connectivity index (χ2v) is 4.72. The summed E-state index contributed by atoms with van der Waals surface area (Å²) in [7, 11) is 3.61. The fourth-order valence-corrected chi connectivity index (χ4v) is 2.03. The molecule has 21 heavy (non-hydrogen) atoms. The third-order valence-corrected chi connectivity index (χ3v) is 3.04. The lowest BCUT2D eigenvalue weighted by Crippen LogP contribution is -2.19. The number of nitrogens with one attached hydrogen (secondary N) is 1. The molecule has 6 heteroatoms. The van der Waals surface area contributed by atoms with Gasteiger partial charge in [-0.25, -0.2) is 9.97 Å². The predicted molar refractivity (Wildman–Crippen MR) is 83.7 cm³/mol. The summed E-state index contributed by atoms with van der Waals surface area (Å²) in [5.74, 6) is 2.15. The lowest BCUT2D eigenvalue weighted by atomic mass is 10.2. The van der Waals surface area contributed by atoms with Gasteiger partial charge in [0.1, 0.15) is 6.33 Å². The van der Waals surface area contributed by atoms with E-state index < -0.39 is 0 Å². The van der Waals surface area contributed by atoms with E-state index in [9.17, 15) is 0 Å². The molecule has 0 aromatic carbocycles. The zero-order chi connectivity index (χ0) is 15.1. The third-order valence-electron chi connectivity index (χ3n) is 3.04. The summed E-state index contributed by atoms with van der Waals surface area (Å²) in [6.07, 6.45) is 6.19. The van der Waals surface area contributed by atoms with Crippen LogP contribution in [0.4, 0.5) is 11.6 Å². The van der Waals surface area contributed by atoms with Crippen LogP contribution in [-0.4, -0.2) is 35.7 Å². The van der Waals surface area contributed by atoms with E-state index in [2.05, 4.69) is 27.2 Å². The van der Waals surface area contributed by atoms with Crippen molar-refractivity contribution in [3.05, 3.63) is 36.4 Å². The molecule has 1 N–H and O–H groups in total. The fourth-order valence-electron chi connectivity index (χ4n) is 2.03. The number of ether oxygens (including phenoxy) is 1. The van der Waals surface area contributed by atoms with Crippen LogP contribution in [0.5, 0.6) is 5.75 Å². The minimum atomic E-state index is 0.664. The summed E-state index contributed by atoms with van der Waals surface area (Å²) >= 11 is 0. The molecule has 2 aromatic rings. The first-order chi connectivity index (χ1) is 10.3. The van der Waals surface area contributed by atoms with Gasteiger partial charge in [0.05, 0.1) is 7.11 Å². The monoisotopic (exact) mass is 287 g/mol. The van der Waals surface area contributed by atoms with Gasteiger partial charge in [0, 0.05) is 32.5 Å².